The molecule has 6 nitrogen and oxygen atoms in total. The van der Waals surface area contributed by atoms with Crippen LogP contribution in [0.15, 0.2) is 76.0 Å². The largest absolute Gasteiger partial charge is 0.497 e. The fourth-order valence-electron chi connectivity index (χ4n) is 5.93. The maximum Gasteiger partial charge on any atom is 0.261 e. The maximum absolute atomic E-state index is 13.9. The summed E-state index contributed by atoms with van der Waals surface area (Å²) in [4.78, 5) is 15.7. The molecule has 0 fully saturated rings. The summed E-state index contributed by atoms with van der Waals surface area (Å²) in [5, 5.41) is 7.32. The Morgan fingerprint density at radius 2 is 1.82 bits per heavy atom. The van der Waals surface area contributed by atoms with Gasteiger partial charge in [-0.2, -0.15) is 0 Å². The van der Waals surface area contributed by atoms with Crippen molar-refractivity contribution >= 4 is 17.3 Å². The normalized spacial score (nSPS) is 19.3. The lowest BCUT2D eigenvalue weighted by Crippen LogP contribution is -2.42. The second-order valence-electron chi connectivity index (χ2n) is 11.5. The van der Waals surface area contributed by atoms with E-state index in [0.29, 0.717) is 12.1 Å². The van der Waals surface area contributed by atoms with Crippen LogP contribution < -0.4 is 20.3 Å². The van der Waals surface area contributed by atoms with Gasteiger partial charge in [0.25, 0.3) is 5.91 Å². The molecular weight excluding hydrogens is 486 g/mol. The van der Waals surface area contributed by atoms with Crippen LogP contribution in [0.3, 0.4) is 0 Å². The van der Waals surface area contributed by atoms with E-state index in [-0.39, 0.29) is 17.4 Å². The molecule has 2 N–H and O–H groups in total. The number of nitrogens with one attached hydrogen (secondary N) is 2. The summed E-state index contributed by atoms with van der Waals surface area (Å²) in [5.74, 6) is 2.57. The van der Waals surface area contributed by atoms with Gasteiger partial charge in [0.2, 0.25) is 0 Å². The van der Waals surface area contributed by atoms with E-state index < -0.39 is 0 Å². The molecule has 0 unspecified atom stereocenters. The van der Waals surface area contributed by atoms with Gasteiger partial charge in [-0.05, 0) is 68.1 Å². The van der Waals surface area contributed by atoms with Crippen molar-refractivity contribution in [2.24, 2.45) is 5.41 Å². The van der Waals surface area contributed by atoms with Crippen LogP contribution >= 0.6 is 0 Å². The number of rotatable bonds is 5. The van der Waals surface area contributed by atoms with E-state index in [1.165, 1.54) is 0 Å². The average molecular weight is 522 g/mol. The Hall–Kier alpha value is -4.19. The molecule has 2 aromatic carbocycles. The Labute approximate surface area is 230 Å². The van der Waals surface area contributed by atoms with Gasteiger partial charge in [0.1, 0.15) is 17.3 Å². The first-order valence-corrected chi connectivity index (χ1v) is 13.4. The molecule has 0 saturated carbocycles. The number of hydrogen-bond donors (Lipinski definition) is 2. The zero-order valence-corrected chi connectivity index (χ0v) is 23.7. The van der Waals surface area contributed by atoms with Gasteiger partial charge >= 0.3 is 0 Å². The number of carbonyl (C=O) groups excluding carboxylic acids is 1. The Bertz CT molecular complexity index is 1620. The number of benzene rings is 2. The third-order valence-electron chi connectivity index (χ3n) is 8.45. The summed E-state index contributed by atoms with van der Waals surface area (Å²) >= 11 is 0. The molecule has 1 amide bonds. The molecule has 200 valence electrons. The van der Waals surface area contributed by atoms with E-state index >= 15 is 0 Å². The van der Waals surface area contributed by atoms with Gasteiger partial charge < -0.3 is 24.7 Å². The van der Waals surface area contributed by atoms with E-state index in [4.69, 9.17) is 9.15 Å². The lowest BCUT2D eigenvalue weighted by atomic mass is 9.72. The van der Waals surface area contributed by atoms with Gasteiger partial charge in [0.15, 0.2) is 0 Å². The van der Waals surface area contributed by atoms with E-state index in [2.05, 4.69) is 63.1 Å². The van der Waals surface area contributed by atoms with E-state index in [0.717, 1.165) is 73.4 Å². The molecule has 1 aromatic heterocycles. The lowest BCUT2D eigenvalue weighted by molar-refractivity contribution is 0.0997. The highest BCUT2D eigenvalue weighted by Gasteiger charge is 2.43. The molecule has 3 aliphatic rings. The molecule has 0 saturated heterocycles. The quantitative estimate of drug-likeness (QED) is 0.373. The summed E-state index contributed by atoms with van der Waals surface area (Å²) in [5.41, 5.74) is 10.5. The van der Waals surface area contributed by atoms with E-state index in [1.54, 1.807) is 7.11 Å². The lowest BCUT2D eigenvalue weighted by Gasteiger charge is -2.44. The van der Waals surface area contributed by atoms with Gasteiger partial charge in [-0.25, -0.2) is 0 Å². The molecule has 6 heteroatoms. The highest BCUT2D eigenvalue weighted by molar-refractivity contribution is 6.14. The second-order valence-corrected chi connectivity index (χ2v) is 11.5. The number of nitrogens with zero attached hydrogens (tertiary/aromatic N) is 1. The summed E-state index contributed by atoms with van der Waals surface area (Å²) in [6.07, 6.45) is 2.28. The highest BCUT2D eigenvalue weighted by Crippen LogP contribution is 2.50. The first-order valence-electron chi connectivity index (χ1n) is 13.4. The van der Waals surface area contributed by atoms with E-state index in [1.807, 2.05) is 43.0 Å². The Kier molecular flexibility index (Phi) is 5.58. The molecule has 2 aliphatic heterocycles. The van der Waals surface area contributed by atoms with Crippen LogP contribution in [0.25, 0.3) is 0 Å². The number of allylic oxidation sites excluding steroid dienone is 2. The van der Waals surface area contributed by atoms with Crippen molar-refractivity contribution in [1.82, 2.24) is 5.32 Å². The minimum absolute atomic E-state index is 0.0176. The molecule has 1 aliphatic carbocycles. The fraction of sp³-hybridized carbons (Fsp3) is 0.303. The number of carbonyl (C=O) groups is 1. The van der Waals surface area contributed by atoms with Gasteiger partial charge in [-0.3, -0.25) is 4.79 Å². The molecule has 0 spiro atoms. The Morgan fingerprint density at radius 3 is 2.51 bits per heavy atom. The van der Waals surface area contributed by atoms with Crippen LogP contribution in [0.5, 0.6) is 5.75 Å². The molecule has 0 radical (unpaired) electrons. The maximum atomic E-state index is 13.9. The van der Waals surface area contributed by atoms with E-state index in [9.17, 15) is 4.79 Å². The number of furan rings is 1. The first-order chi connectivity index (χ1) is 18.5. The minimum Gasteiger partial charge on any atom is -0.497 e. The number of fused-ring (bicyclic) bond motifs is 2. The Balaban J connectivity index is 1.36. The predicted molar refractivity (Wildman–Crippen MR) is 155 cm³/mol. The number of aryl methyl sites for hydroxylation is 4. The van der Waals surface area contributed by atoms with Crippen LogP contribution in [-0.2, 0) is 6.54 Å². The summed E-state index contributed by atoms with van der Waals surface area (Å²) in [7, 11) is 1.64. The average Bonchev–Trinajstić information content (AvgIpc) is 3.42. The third kappa shape index (κ3) is 3.81. The summed E-state index contributed by atoms with van der Waals surface area (Å²) < 4.78 is 11.6. The fourth-order valence-corrected chi connectivity index (χ4v) is 5.93. The molecule has 3 heterocycles. The molecular formula is C33H35N3O3. The standard InChI is InChI=1S/C33H35N3O3/c1-17-10-12-25(28-24(17)16-36(32(28)37)26-14-22(38-8)11-9-18(26)2)34-29-20(4)23-15-33(6,7)31(35-30(23)29)27-13-19(3)21(5)39-27/h9-15,31,34-35H,4,16H2,1-3,5-8H3/t31-/m0/s1. The topological polar surface area (TPSA) is 66.7 Å². The van der Waals surface area contributed by atoms with Crippen molar-refractivity contribution in [3.63, 3.8) is 0 Å². The minimum atomic E-state index is -0.166. The van der Waals surface area contributed by atoms with Crippen molar-refractivity contribution in [3.05, 3.63) is 111 Å². The van der Waals surface area contributed by atoms with Crippen molar-refractivity contribution in [3.8, 4) is 5.75 Å². The number of ether oxygens (including phenoxy) is 1. The van der Waals surface area contributed by atoms with Crippen LogP contribution in [0.1, 0.15) is 64.0 Å². The zero-order valence-electron chi connectivity index (χ0n) is 23.7. The van der Waals surface area contributed by atoms with Crippen LogP contribution in [-0.4, -0.2) is 13.0 Å². The Morgan fingerprint density at radius 1 is 1.08 bits per heavy atom. The first kappa shape index (κ1) is 25.1. The third-order valence-corrected chi connectivity index (χ3v) is 8.45. The van der Waals surface area contributed by atoms with Gasteiger partial charge in [-0.15, -0.1) is 0 Å². The predicted octanol–water partition coefficient (Wildman–Crippen LogP) is 7.17. The second kappa shape index (κ2) is 8.67. The number of amides is 1. The number of methoxy groups -OCH3 is 1. The van der Waals surface area contributed by atoms with Gasteiger partial charge in [0, 0.05) is 22.6 Å². The van der Waals surface area contributed by atoms with Crippen LogP contribution in [0.2, 0.25) is 0 Å². The number of anilines is 2. The van der Waals surface area contributed by atoms with Crippen molar-refractivity contribution in [2.75, 3.05) is 17.3 Å². The van der Waals surface area contributed by atoms with Crippen molar-refractivity contribution in [1.29, 1.82) is 0 Å². The molecule has 39 heavy (non-hydrogen) atoms. The van der Waals surface area contributed by atoms with Crippen LogP contribution in [0.4, 0.5) is 11.4 Å². The van der Waals surface area contributed by atoms with Gasteiger partial charge in [-0.1, -0.05) is 38.6 Å². The molecule has 0 bridgehead atoms. The van der Waals surface area contributed by atoms with Crippen LogP contribution in [0, 0.1) is 33.1 Å². The molecule has 6 rings (SSSR count). The van der Waals surface area contributed by atoms with Crippen molar-refractivity contribution < 1.29 is 13.9 Å². The smallest absolute Gasteiger partial charge is 0.261 e. The monoisotopic (exact) mass is 521 g/mol. The molecule has 3 aromatic rings. The SMILES string of the molecule is C=C1C2=CC(C)(C)[C@H](c3cc(C)c(C)o3)NC2=C1Nc1ccc(C)c2c1C(=O)N(c1cc(OC)ccc1C)C2. The molecule has 1 atom stereocenters. The zero-order chi connectivity index (χ0) is 27.8. The summed E-state index contributed by atoms with van der Waals surface area (Å²) in [6.45, 7) is 17.5. The van der Waals surface area contributed by atoms with Crippen molar-refractivity contribution in [2.45, 2.75) is 54.1 Å². The summed E-state index contributed by atoms with van der Waals surface area (Å²) in [6, 6.07) is 12.0. The highest BCUT2D eigenvalue weighted by atomic mass is 16.5. The number of hydrogen-bond acceptors (Lipinski definition) is 5. The van der Waals surface area contributed by atoms with Gasteiger partial charge in [0.05, 0.1) is 48.0 Å².